The Balaban J connectivity index is 1.64. The number of ether oxygens (including phenoxy) is 2. The summed E-state index contributed by atoms with van der Waals surface area (Å²) in [6.45, 7) is 4.44. The number of hydrogen-bond acceptors (Lipinski definition) is 4. The van der Waals surface area contributed by atoms with Crippen LogP contribution in [0.4, 0.5) is 0 Å². The summed E-state index contributed by atoms with van der Waals surface area (Å²) in [4.78, 5) is 0. The van der Waals surface area contributed by atoms with Crippen molar-refractivity contribution in [1.29, 1.82) is 0 Å². The second-order valence-corrected chi connectivity index (χ2v) is 4.75. The molecule has 1 aromatic carbocycles. The van der Waals surface area contributed by atoms with Crippen molar-refractivity contribution in [1.82, 2.24) is 5.32 Å². The van der Waals surface area contributed by atoms with Crippen LogP contribution in [0.1, 0.15) is 12.0 Å². The minimum Gasteiger partial charge on any atom is -0.491 e. The molecule has 18 heavy (non-hydrogen) atoms. The minimum atomic E-state index is -0.494. The van der Waals surface area contributed by atoms with Crippen LogP contribution in [0, 0.1) is 6.92 Å². The summed E-state index contributed by atoms with van der Waals surface area (Å²) in [5.74, 6) is 0.795. The van der Waals surface area contributed by atoms with Gasteiger partial charge in [0.25, 0.3) is 0 Å². The van der Waals surface area contributed by atoms with E-state index in [9.17, 15) is 5.11 Å². The van der Waals surface area contributed by atoms with Crippen molar-refractivity contribution >= 4 is 0 Å². The molecule has 0 radical (unpaired) electrons. The van der Waals surface area contributed by atoms with Gasteiger partial charge in [-0.15, -0.1) is 0 Å². The first-order valence-electron chi connectivity index (χ1n) is 6.42. The van der Waals surface area contributed by atoms with Gasteiger partial charge in [-0.25, -0.2) is 0 Å². The highest BCUT2D eigenvalue weighted by Crippen LogP contribution is 2.11. The molecule has 1 aliphatic heterocycles. The third kappa shape index (κ3) is 4.29. The maximum absolute atomic E-state index is 9.80. The first kappa shape index (κ1) is 13.3. The van der Waals surface area contributed by atoms with Gasteiger partial charge in [-0.3, -0.25) is 0 Å². The quantitative estimate of drug-likeness (QED) is 0.795. The van der Waals surface area contributed by atoms with Gasteiger partial charge in [0.1, 0.15) is 18.5 Å². The molecule has 2 N–H and O–H groups in total. The van der Waals surface area contributed by atoms with Crippen LogP contribution in [-0.4, -0.2) is 43.6 Å². The van der Waals surface area contributed by atoms with E-state index in [-0.39, 0.29) is 0 Å². The number of rotatable bonds is 6. The van der Waals surface area contributed by atoms with Crippen LogP contribution in [0.2, 0.25) is 0 Å². The van der Waals surface area contributed by atoms with Gasteiger partial charge in [-0.1, -0.05) is 17.7 Å². The molecule has 2 unspecified atom stereocenters. The van der Waals surface area contributed by atoms with Gasteiger partial charge in [0.05, 0.1) is 6.61 Å². The molecule has 1 fully saturated rings. The van der Waals surface area contributed by atoms with E-state index in [1.54, 1.807) is 0 Å². The van der Waals surface area contributed by atoms with E-state index in [4.69, 9.17) is 9.47 Å². The Bertz CT molecular complexity index is 347. The Hall–Kier alpha value is -1.10. The van der Waals surface area contributed by atoms with E-state index in [1.807, 2.05) is 31.2 Å². The Morgan fingerprint density at radius 2 is 2.22 bits per heavy atom. The van der Waals surface area contributed by atoms with Crippen LogP contribution < -0.4 is 10.1 Å². The Morgan fingerprint density at radius 3 is 2.89 bits per heavy atom. The fourth-order valence-corrected chi connectivity index (χ4v) is 1.88. The lowest BCUT2D eigenvalue weighted by Gasteiger charge is -2.16. The summed E-state index contributed by atoms with van der Waals surface area (Å²) in [5, 5.41) is 13.1. The number of benzene rings is 1. The molecule has 1 saturated heterocycles. The van der Waals surface area contributed by atoms with Crippen molar-refractivity contribution < 1.29 is 14.6 Å². The summed E-state index contributed by atoms with van der Waals surface area (Å²) in [5.41, 5.74) is 1.20. The number of aliphatic hydroxyl groups is 1. The molecule has 4 nitrogen and oxygen atoms in total. The van der Waals surface area contributed by atoms with Gasteiger partial charge in [0, 0.05) is 19.2 Å². The molecule has 4 heteroatoms. The van der Waals surface area contributed by atoms with Crippen LogP contribution in [0.5, 0.6) is 5.75 Å². The smallest absolute Gasteiger partial charge is 0.119 e. The molecule has 0 aliphatic carbocycles. The Labute approximate surface area is 108 Å². The Kier molecular flexibility index (Phi) is 4.99. The van der Waals surface area contributed by atoms with E-state index >= 15 is 0 Å². The molecule has 0 amide bonds. The lowest BCUT2D eigenvalue weighted by atomic mass is 10.2. The minimum absolute atomic E-state index is 0.309. The molecular formula is C14H21NO3. The summed E-state index contributed by atoms with van der Waals surface area (Å²) in [6, 6.07) is 8.20. The number of hydrogen-bond donors (Lipinski definition) is 2. The highest BCUT2D eigenvalue weighted by Gasteiger charge is 2.16. The summed E-state index contributed by atoms with van der Waals surface area (Å²) < 4.78 is 10.8. The van der Waals surface area contributed by atoms with Crippen molar-refractivity contribution in [2.24, 2.45) is 0 Å². The van der Waals surface area contributed by atoms with Crippen molar-refractivity contribution in [2.75, 3.05) is 26.4 Å². The summed E-state index contributed by atoms with van der Waals surface area (Å²) >= 11 is 0. The van der Waals surface area contributed by atoms with Gasteiger partial charge in [-0.2, -0.15) is 0 Å². The third-order valence-corrected chi connectivity index (χ3v) is 3.04. The average Bonchev–Trinajstić information content (AvgIpc) is 2.89. The molecule has 2 rings (SSSR count). The molecular weight excluding hydrogens is 230 g/mol. The van der Waals surface area contributed by atoms with Gasteiger partial charge in [0.15, 0.2) is 0 Å². The lowest BCUT2D eigenvalue weighted by molar-refractivity contribution is 0.102. The number of nitrogens with one attached hydrogen (secondary N) is 1. The maximum Gasteiger partial charge on any atom is 0.119 e. The normalized spacial score (nSPS) is 20.9. The van der Waals surface area contributed by atoms with Crippen molar-refractivity contribution in [3.63, 3.8) is 0 Å². The lowest BCUT2D eigenvalue weighted by Crippen LogP contribution is -2.38. The average molecular weight is 251 g/mol. The monoisotopic (exact) mass is 251 g/mol. The van der Waals surface area contributed by atoms with E-state index in [0.29, 0.717) is 19.2 Å². The fourth-order valence-electron chi connectivity index (χ4n) is 1.88. The zero-order valence-electron chi connectivity index (χ0n) is 10.8. The molecule has 0 bridgehead atoms. The Morgan fingerprint density at radius 1 is 1.44 bits per heavy atom. The van der Waals surface area contributed by atoms with Gasteiger partial charge >= 0.3 is 0 Å². The van der Waals surface area contributed by atoms with Crippen molar-refractivity contribution in [2.45, 2.75) is 25.5 Å². The first-order chi connectivity index (χ1) is 8.74. The van der Waals surface area contributed by atoms with Crippen LogP contribution >= 0.6 is 0 Å². The maximum atomic E-state index is 9.80. The fraction of sp³-hybridized carbons (Fsp3) is 0.571. The number of aryl methyl sites for hydroxylation is 1. The number of aliphatic hydroxyl groups excluding tert-OH is 1. The largest absolute Gasteiger partial charge is 0.491 e. The topological polar surface area (TPSA) is 50.7 Å². The standard InChI is InChI=1S/C14H21NO3/c1-11-2-4-14(5-3-11)18-10-13(16)8-15-12-6-7-17-9-12/h2-5,12-13,15-16H,6-10H2,1H3. The van der Waals surface area contributed by atoms with Crippen molar-refractivity contribution in [3.05, 3.63) is 29.8 Å². The molecule has 1 heterocycles. The molecule has 2 atom stereocenters. The van der Waals surface area contributed by atoms with E-state index < -0.39 is 6.10 Å². The molecule has 0 aromatic heterocycles. The SMILES string of the molecule is Cc1ccc(OCC(O)CNC2CCOC2)cc1. The third-order valence-electron chi connectivity index (χ3n) is 3.04. The second kappa shape index (κ2) is 6.73. The van der Waals surface area contributed by atoms with Crippen LogP contribution in [0.3, 0.4) is 0 Å². The second-order valence-electron chi connectivity index (χ2n) is 4.75. The molecule has 1 aromatic rings. The van der Waals surface area contributed by atoms with Gasteiger partial charge in [0.2, 0.25) is 0 Å². The molecule has 1 aliphatic rings. The zero-order chi connectivity index (χ0) is 12.8. The molecule has 0 spiro atoms. The highest BCUT2D eigenvalue weighted by molar-refractivity contribution is 5.26. The van der Waals surface area contributed by atoms with E-state index in [2.05, 4.69) is 5.32 Å². The van der Waals surface area contributed by atoms with Gasteiger partial charge in [-0.05, 0) is 25.5 Å². The highest BCUT2D eigenvalue weighted by atomic mass is 16.5. The molecule has 0 saturated carbocycles. The summed E-state index contributed by atoms with van der Waals surface area (Å²) in [6.07, 6.45) is 0.526. The summed E-state index contributed by atoms with van der Waals surface area (Å²) in [7, 11) is 0. The predicted octanol–water partition coefficient (Wildman–Crippen LogP) is 1.11. The van der Waals surface area contributed by atoms with Gasteiger partial charge < -0.3 is 19.9 Å². The van der Waals surface area contributed by atoms with Crippen LogP contribution in [-0.2, 0) is 4.74 Å². The first-order valence-corrected chi connectivity index (χ1v) is 6.42. The molecule has 100 valence electrons. The van der Waals surface area contributed by atoms with Crippen LogP contribution in [0.15, 0.2) is 24.3 Å². The van der Waals surface area contributed by atoms with E-state index in [1.165, 1.54) is 5.56 Å². The zero-order valence-corrected chi connectivity index (χ0v) is 10.8. The van der Waals surface area contributed by atoms with Crippen LogP contribution in [0.25, 0.3) is 0 Å². The van der Waals surface area contributed by atoms with E-state index in [0.717, 1.165) is 25.4 Å². The van der Waals surface area contributed by atoms with Crippen molar-refractivity contribution in [3.8, 4) is 5.75 Å². The predicted molar refractivity (Wildman–Crippen MR) is 69.9 cm³/mol.